The molecule has 1 aromatic carbocycles. The van der Waals surface area contributed by atoms with Crippen LogP contribution in [-0.4, -0.2) is 41.1 Å². The summed E-state index contributed by atoms with van der Waals surface area (Å²) >= 11 is 0. The molecule has 1 saturated carbocycles. The molecule has 25 heavy (non-hydrogen) atoms. The van der Waals surface area contributed by atoms with Crippen molar-refractivity contribution in [3.63, 3.8) is 0 Å². The Morgan fingerprint density at radius 2 is 1.88 bits per heavy atom. The molecular formula is C19H21N3O3. The highest BCUT2D eigenvalue weighted by Crippen LogP contribution is 2.20. The largest absolute Gasteiger partial charge is 0.393 e. The molecule has 1 aromatic heterocycles. The predicted molar refractivity (Wildman–Crippen MR) is 93.4 cm³/mol. The van der Waals surface area contributed by atoms with Crippen LogP contribution in [0.3, 0.4) is 0 Å². The number of carbonyl (C=O) groups excluding carboxylic acids is 2. The van der Waals surface area contributed by atoms with Crippen molar-refractivity contribution in [2.45, 2.75) is 31.4 Å². The van der Waals surface area contributed by atoms with Gasteiger partial charge < -0.3 is 15.7 Å². The van der Waals surface area contributed by atoms with Crippen molar-refractivity contribution < 1.29 is 14.7 Å². The van der Waals surface area contributed by atoms with E-state index in [1.54, 1.807) is 6.07 Å². The Labute approximate surface area is 146 Å². The molecule has 0 aliphatic heterocycles. The van der Waals surface area contributed by atoms with Crippen LogP contribution in [0, 0.1) is 0 Å². The van der Waals surface area contributed by atoms with Crippen molar-refractivity contribution in [1.29, 1.82) is 0 Å². The van der Waals surface area contributed by atoms with Gasteiger partial charge in [-0.2, -0.15) is 0 Å². The average Bonchev–Trinajstić information content (AvgIpc) is 2.60. The summed E-state index contributed by atoms with van der Waals surface area (Å²) in [6.45, 7) is 0. The third-order valence-electron chi connectivity index (χ3n) is 4.28. The Bertz CT molecular complexity index is 771. The second kappa shape index (κ2) is 7.44. The van der Waals surface area contributed by atoms with E-state index in [2.05, 4.69) is 15.6 Å². The van der Waals surface area contributed by atoms with Crippen LogP contribution in [0.5, 0.6) is 0 Å². The van der Waals surface area contributed by atoms with E-state index >= 15 is 0 Å². The van der Waals surface area contributed by atoms with Crippen LogP contribution in [0.2, 0.25) is 0 Å². The van der Waals surface area contributed by atoms with Gasteiger partial charge in [-0.1, -0.05) is 30.3 Å². The van der Waals surface area contributed by atoms with Crippen LogP contribution in [0.4, 0.5) is 0 Å². The maximum Gasteiger partial charge on any atom is 0.269 e. The molecule has 0 radical (unpaired) electrons. The first-order valence-corrected chi connectivity index (χ1v) is 8.31. The SMILES string of the molecule is CNC(=O)c1cc(C(=O)N[C@H]2C[C@H](O)C2)cc(Cc2ccccc2)n1. The van der Waals surface area contributed by atoms with E-state index in [0.717, 1.165) is 5.56 Å². The Morgan fingerprint density at radius 3 is 2.52 bits per heavy atom. The first-order valence-electron chi connectivity index (χ1n) is 8.31. The van der Waals surface area contributed by atoms with Gasteiger partial charge in [0, 0.05) is 30.8 Å². The zero-order chi connectivity index (χ0) is 17.8. The van der Waals surface area contributed by atoms with Crippen LogP contribution < -0.4 is 10.6 Å². The number of benzene rings is 1. The smallest absolute Gasteiger partial charge is 0.269 e. The molecule has 0 atom stereocenters. The van der Waals surface area contributed by atoms with Gasteiger partial charge in [0.15, 0.2) is 0 Å². The van der Waals surface area contributed by atoms with Crippen molar-refractivity contribution in [1.82, 2.24) is 15.6 Å². The van der Waals surface area contributed by atoms with Gasteiger partial charge >= 0.3 is 0 Å². The Hall–Kier alpha value is -2.73. The number of aromatic nitrogens is 1. The van der Waals surface area contributed by atoms with Crippen LogP contribution in [0.15, 0.2) is 42.5 Å². The molecule has 0 bridgehead atoms. The van der Waals surface area contributed by atoms with E-state index in [1.165, 1.54) is 13.1 Å². The standard InChI is InChI=1S/C19H21N3O3/c1-20-19(25)17-9-13(18(24)22-15-10-16(23)11-15)8-14(21-17)7-12-5-3-2-4-6-12/h2-6,8-9,15-16,23H,7,10-11H2,1H3,(H,20,25)(H,22,24)/t15-,16-. The number of aliphatic hydroxyl groups excluding tert-OH is 1. The fraction of sp³-hybridized carbons (Fsp3) is 0.316. The first-order chi connectivity index (χ1) is 12.0. The number of nitrogens with one attached hydrogen (secondary N) is 2. The molecule has 2 aromatic rings. The third kappa shape index (κ3) is 4.22. The summed E-state index contributed by atoms with van der Waals surface area (Å²) in [6.07, 6.45) is 1.33. The molecule has 1 aliphatic rings. The lowest BCUT2D eigenvalue weighted by atomic mass is 9.89. The molecule has 1 aliphatic carbocycles. The maximum atomic E-state index is 12.5. The van der Waals surface area contributed by atoms with Gasteiger partial charge in [-0.25, -0.2) is 4.98 Å². The minimum absolute atomic E-state index is 0.0170. The number of aliphatic hydroxyl groups is 1. The fourth-order valence-corrected chi connectivity index (χ4v) is 2.83. The molecule has 130 valence electrons. The molecule has 3 rings (SSSR count). The summed E-state index contributed by atoms with van der Waals surface area (Å²) < 4.78 is 0. The van der Waals surface area contributed by atoms with Gasteiger partial charge in [0.1, 0.15) is 5.69 Å². The first kappa shape index (κ1) is 17.1. The average molecular weight is 339 g/mol. The van der Waals surface area contributed by atoms with E-state index in [4.69, 9.17) is 0 Å². The molecule has 0 unspecified atom stereocenters. The minimum Gasteiger partial charge on any atom is -0.393 e. The van der Waals surface area contributed by atoms with E-state index in [1.807, 2.05) is 30.3 Å². The van der Waals surface area contributed by atoms with E-state index in [9.17, 15) is 14.7 Å². The highest BCUT2D eigenvalue weighted by molar-refractivity contribution is 5.98. The summed E-state index contributed by atoms with van der Waals surface area (Å²) in [5.74, 6) is -0.582. The lowest BCUT2D eigenvalue weighted by molar-refractivity contribution is 0.0562. The van der Waals surface area contributed by atoms with Gasteiger partial charge in [-0.05, 0) is 30.5 Å². The Balaban J connectivity index is 1.84. The van der Waals surface area contributed by atoms with Crippen LogP contribution >= 0.6 is 0 Å². The summed E-state index contributed by atoms with van der Waals surface area (Å²) in [5.41, 5.74) is 2.33. The molecule has 3 N–H and O–H groups in total. The lowest BCUT2D eigenvalue weighted by Gasteiger charge is -2.31. The zero-order valence-corrected chi connectivity index (χ0v) is 14.0. The Morgan fingerprint density at radius 1 is 1.16 bits per heavy atom. The van der Waals surface area contributed by atoms with Gasteiger partial charge in [-0.3, -0.25) is 9.59 Å². The van der Waals surface area contributed by atoms with Gasteiger partial charge in [0.05, 0.1) is 6.10 Å². The minimum atomic E-state index is -0.335. The molecule has 6 nitrogen and oxygen atoms in total. The molecule has 1 fully saturated rings. The Kier molecular flexibility index (Phi) is 5.09. The number of hydrogen-bond acceptors (Lipinski definition) is 4. The van der Waals surface area contributed by atoms with Gasteiger partial charge in [0.25, 0.3) is 11.8 Å². The second-order valence-corrected chi connectivity index (χ2v) is 6.27. The van der Waals surface area contributed by atoms with Crippen molar-refractivity contribution in [3.8, 4) is 0 Å². The molecular weight excluding hydrogens is 318 g/mol. The molecule has 2 amide bonds. The van der Waals surface area contributed by atoms with Crippen LogP contribution in [0.1, 0.15) is 44.9 Å². The van der Waals surface area contributed by atoms with E-state index in [-0.39, 0.29) is 29.7 Å². The molecule has 0 spiro atoms. The summed E-state index contributed by atoms with van der Waals surface area (Å²) in [6, 6.07) is 13.0. The quantitative estimate of drug-likeness (QED) is 0.765. The van der Waals surface area contributed by atoms with Crippen LogP contribution in [-0.2, 0) is 6.42 Å². The number of rotatable bonds is 5. The van der Waals surface area contributed by atoms with Gasteiger partial charge in [0.2, 0.25) is 0 Å². The number of hydrogen-bond donors (Lipinski definition) is 3. The number of carbonyl (C=O) groups is 2. The maximum absolute atomic E-state index is 12.5. The summed E-state index contributed by atoms with van der Waals surface area (Å²) in [4.78, 5) is 28.8. The zero-order valence-electron chi connectivity index (χ0n) is 14.0. The van der Waals surface area contributed by atoms with Crippen molar-refractivity contribution >= 4 is 11.8 Å². The van der Waals surface area contributed by atoms with Crippen molar-refractivity contribution in [3.05, 3.63) is 65.0 Å². The highest BCUT2D eigenvalue weighted by atomic mass is 16.3. The molecule has 1 heterocycles. The predicted octanol–water partition coefficient (Wildman–Crippen LogP) is 1.29. The van der Waals surface area contributed by atoms with Crippen LogP contribution in [0.25, 0.3) is 0 Å². The van der Waals surface area contributed by atoms with E-state index < -0.39 is 0 Å². The normalized spacial score (nSPS) is 19.0. The number of nitrogens with zero attached hydrogens (tertiary/aromatic N) is 1. The monoisotopic (exact) mass is 339 g/mol. The summed E-state index contributed by atoms with van der Waals surface area (Å²) in [5, 5.41) is 14.8. The number of amides is 2. The van der Waals surface area contributed by atoms with Gasteiger partial charge in [-0.15, -0.1) is 0 Å². The number of pyridine rings is 1. The fourth-order valence-electron chi connectivity index (χ4n) is 2.83. The molecule has 6 heteroatoms. The highest BCUT2D eigenvalue weighted by Gasteiger charge is 2.29. The topological polar surface area (TPSA) is 91.3 Å². The van der Waals surface area contributed by atoms with Crippen molar-refractivity contribution in [2.24, 2.45) is 0 Å². The summed E-state index contributed by atoms with van der Waals surface area (Å²) in [7, 11) is 1.53. The van der Waals surface area contributed by atoms with Crippen molar-refractivity contribution in [2.75, 3.05) is 7.05 Å². The lowest BCUT2D eigenvalue weighted by Crippen LogP contribution is -2.46. The molecule has 0 saturated heterocycles. The van der Waals surface area contributed by atoms with E-state index in [0.29, 0.717) is 30.5 Å². The second-order valence-electron chi connectivity index (χ2n) is 6.27. The third-order valence-corrected chi connectivity index (χ3v) is 4.28.